The number of fused-ring (bicyclic) bond motifs is 1. The molecule has 2 heterocycles. The van der Waals surface area contributed by atoms with Gasteiger partial charge in [0.05, 0.1) is 6.20 Å². The summed E-state index contributed by atoms with van der Waals surface area (Å²) >= 11 is 0. The van der Waals surface area contributed by atoms with E-state index in [9.17, 15) is 4.79 Å². The van der Waals surface area contributed by atoms with Gasteiger partial charge in [-0.2, -0.15) is 0 Å². The lowest BCUT2D eigenvalue weighted by molar-refractivity contribution is -0.117. The van der Waals surface area contributed by atoms with Crippen molar-refractivity contribution in [2.45, 2.75) is 34.1 Å². The normalized spacial score (nSPS) is 11.8. The number of anilines is 1. The first kappa shape index (κ1) is 12.6. The van der Waals surface area contributed by atoms with E-state index in [1.807, 2.05) is 56.5 Å². The van der Waals surface area contributed by atoms with Gasteiger partial charge in [-0.3, -0.25) is 4.79 Å². The molecule has 2 aromatic heterocycles. The highest BCUT2D eigenvalue weighted by atomic mass is 16.1. The minimum absolute atomic E-state index is 0.00330. The molecule has 96 valence electrons. The maximum Gasteiger partial charge on any atom is 0.226 e. The molecule has 4 nitrogen and oxygen atoms in total. The number of nitrogens with one attached hydrogen (secondary N) is 1. The van der Waals surface area contributed by atoms with Crippen molar-refractivity contribution >= 4 is 17.4 Å². The van der Waals surface area contributed by atoms with Crippen molar-refractivity contribution in [3.8, 4) is 0 Å². The predicted molar refractivity (Wildman–Crippen MR) is 72.6 cm³/mol. The average molecular weight is 245 g/mol. The second kappa shape index (κ2) is 4.44. The van der Waals surface area contributed by atoms with Crippen molar-refractivity contribution in [2.75, 3.05) is 5.32 Å². The van der Waals surface area contributed by atoms with Crippen LogP contribution >= 0.6 is 0 Å². The van der Waals surface area contributed by atoms with Crippen LogP contribution in [0.2, 0.25) is 0 Å². The van der Waals surface area contributed by atoms with Crippen molar-refractivity contribution in [3.63, 3.8) is 0 Å². The van der Waals surface area contributed by atoms with Gasteiger partial charge in [0.15, 0.2) is 5.82 Å². The Bertz CT molecular complexity index is 578. The molecule has 0 unspecified atom stereocenters. The molecule has 2 rings (SSSR count). The fourth-order valence-corrected chi connectivity index (χ4v) is 1.88. The van der Waals surface area contributed by atoms with E-state index >= 15 is 0 Å². The number of amides is 1. The summed E-state index contributed by atoms with van der Waals surface area (Å²) < 4.78 is 1.96. The van der Waals surface area contributed by atoms with Gasteiger partial charge in [0.2, 0.25) is 5.91 Å². The minimum atomic E-state index is -0.0147. The van der Waals surface area contributed by atoms with Crippen LogP contribution < -0.4 is 5.32 Å². The zero-order valence-electron chi connectivity index (χ0n) is 11.3. The summed E-state index contributed by atoms with van der Waals surface area (Å²) in [6.45, 7) is 8.14. The highest BCUT2D eigenvalue weighted by molar-refractivity contribution is 5.90. The third kappa shape index (κ3) is 2.88. The van der Waals surface area contributed by atoms with Crippen LogP contribution in [0.4, 0.5) is 5.82 Å². The largest absolute Gasteiger partial charge is 0.309 e. The zero-order valence-corrected chi connectivity index (χ0v) is 11.3. The van der Waals surface area contributed by atoms with Crippen LogP contribution in [0.5, 0.6) is 0 Å². The molecular weight excluding hydrogens is 226 g/mol. The standard InChI is InChI=1S/C14H19N3O/c1-10-6-5-7-12-15-11(9-17(10)12)16-13(18)8-14(2,3)4/h5-7,9H,8H2,1-4H3,(H,16,18). The monoisotopic (exact) mass is 245 g/mol. The third-order valence-electron chi connectivity index (χ3n) is 2.65. The lowest BCUT2D eigenvalue weighted by Gasteiger charge is -2.16. The molecule has 0 aliphatic rings. The second-order valence-corrected chi connectivity index (χ2v) is 5.81. The van der Waals surface area contributed by atoms with Crippen molar-refractivity contribution < 1.29 is 4.79 Å². The molecule has 4 heteroatoms. The molecule has 0 saturated heterocycles. The topological polar surface area (TPSA) is 46.4 Å². The number of rotatable bonds is 2. The lowest BCUT2D eigenvalue weighted by Crippen LogP contribution is -2.19. The highest BCUT2D eigenvalue weighted by Gasteiger charge is 2.16. The smallest absolute Gasteiger partial charge is 0.226 e. The Morgan fingerprint density at radius 3 is 2.72 bits per heavy atom. The van der Waals surface area contributed by atoms with E-state index in [-0.39, 0.29) is 11.3 Å². The number of aromatic nitrogens is 2. The Morgan fingerprint density at radius 1 is 1.39 bits per heavy atom. The third-order valence-corrected chi connectivity index (χ3v) is 2.65. The quantitative estimate of drug-likeness (QED) is 0.884. The first-order valence-corrected chi connectivity index (χ1v) is 6.10. The fourth-order valence-electron chi connectivity index (χ4n) is 1.88. The van der Waals surface area contributed by atoms with Crippen molar-refractivity contribution in [3.05, 3.63) is 30.1 Å². The van der Waals surface area contributed by atoms with E-state index in [0.29, 0.717) is 12.2 Å². The molecule has 18 heavy (non-hydrogen) atoms. The molecule has 2 aromatic rings. The van der Waals surface area contributed by atoms with Crippen LogP contribution in [-0.2, 0) is 4.79 Å². The molecule has 0 spiro atoms. The molecule has 0 radical (unpaired) electrons. The van der Waals surface area contributed by atoms with Gasteiger partial charge >= 0.3 is 0 Å². The van der Waals surface area contributed by atoms with Gasteiger partial charge in [0, 0.05) is 12.1 Å². The Labute approximate surface area is 107 Å². The highest BCUT2D eigenvalue weighted by Crippen LogP contribution is 2.19. The van der Waals surface area contributed by atoms with Gasteiger partial charge in [-0.1, -0.05) is 26.8 Å². The van der Waals surface area contributed by atoms with Crippen LogP contribution in [-0.4, -0.2) is 15.3 Å². The van der Waals surface area contributed by atoms with Gasteiger partial charge in [-0.05, 0) is 24.5 Å². The first-order chi connectivity index (χ1) is 8.35. The summed E-state index contributed by atoms with van der Waals surface area (Å²) in [6.07, 6.45) is 2.34. The molecule has 0 fully saturated rings. The van der Waals surface area contributed by atoms with Crippen molar-refractivity contribution in [1.82, 2.24) is 9.38 Å². The molecule has 0 atom stereocenters. The second-order valence-electron chi connectivity index (χ2n) is 5.81. The van der Waals surface area contributed by atoms with Crippen LogP contribution in [0, 0.1) is 12.3 Å². The van der Waals surface area contributed by atoms with E-state index in [1.165, 1.54) is 0 Å². The summed E-state index contributed by atoms with van der Waals surface area (Å²) in [7, 11) is 0. The van der Waals surface area contributed by atoms with Crippen LogP contribution in [0.3, 0.4) is 0 Å². The van der Waals surface area contributed by atoms with Gasteiger partial charge in [0.25, 0.3) is 0 Å². The molecule has 0 aliphatic carbocycles. The SMILES string of the molecule is Cc1cccc2nc(NC(=O)CC(C)(C)C)cn12. The van der Waals surface area contributed by atoms with E-state index in [0.717, 1.165) is 11.3 Å². The molecule has 0 aliphatic heterocycles. The lowest BCUT2D eigenvalue weighted by atomic mass is 9.92. The molecule has 1 amide bonds. The maximum absolute atomic E-state index is 11.8. The van der Waals surface area contributed by atoms with Gasteiger partial charge < -0.3 is 9.72 Å². The van der Waals surface area contributed by atoms with E-state index < -0.39 is 0 Å². The van der Waals surface area contributed by atoms with Crippen molar-refractivity contribution in [2.24, 2.45) is 5.41 Å². The number of carbonyl (C=O) groups excluding carboxylic acids is 1. The zero-order chi connectivity index (χ0) is 13.3. The van der Waals surface area contributed by atoms with Crippen LogP contribution in [0.25, 0.3) is 5.65 Å². The minimum Gasteiger partial charge on any atom is -0.309 e. The summed E-state index contributed by atoms with van der Waals surface area (Å²) in [5, 5.41) is 2.84. The number of carbonyl (C=O) groups is 1. The Hall–Kier alpha value is -1.84. The van der Waals surface area contributed by atoms with E-state index in [2.05, 4.69) is 10.3 Å². The number of imidazole rings is 1. The summed E-state index contributed by atoms with van der Waals surface area (Å²) in [6, 6.07) is 5.89. The molecule has 1 N–H and O–H groups in total. The average Bonchev–Trinajstić information content (AvgIpc) is 2.58. The molecular formula is C14H19N3O. The first-order valence-electron chi connectivity index (χ1n) is 6.10. The number of aryl methyl sites for hydroxylation is 1. The Morgan fingerprint density at radius 2 is 2.11 bits per heavy atom. The fraction of sp³-hybridized carbons (Fsp3) is 0.429. The van der Waals surface area contributed by atoms with Gasteiger partial charge in [-0.15, -0.1) is 0 Å². The van der Waals surface area contributed by atoms with Gasteiger partial charge in [-0.25, -0.2) is 4.98 Å². The molecule has 0 aromatic carbocycles. The van der Waals surface area contributed by atoms with Crippen LogP contribution in [0.15, 0.2) is 24.4 Å². The van der Waals surface area contributed by atoms with Crippen LogP contribution in [0.1, 0.15) is 32.9 Å². The summed E-state index contributed by atoms with van der Waals surface area (Å²) in [4.78, 5) is 16.2. The van der Waals surface area contributed by atoms with E-state index in [1.54, 1.807) is 0 Å². The number of pyridine rings is 1. The Kier molecular flexibility index (Phi) is 3.11. The molecule has 0 bridgehead atoms. The summed E-state index contributed by atoms with van der Waals surface area (Å²) in [5.74, 6) is 0.613. The molecule has 0 saturated carbocycles. The predicted octanol–water partition coefficient (Wildman–Crippen LogP) is 3.02. The van der Waals surface area contributed by atoms with Gasteiger partial charge in [0.1, 0.15) is 5.65 Å². The number of hydrogen-bond donors (Lipinski definition) is 1. The number of nitrogens with zero attached hydrogens (tertiary/aromatic N) is 2. The van der Waals surface area contributed by atoms with Crippen molar-refractivity contribution in [1.29, 1.82) is 0 Å². The maximum atomic E-state index is 11.8. The number of hydrogen-bond acceptors (Lipinski definition) is 2. The Balaban J connectivity index is 2.18. The summed E-state index contributed by atoms with van der Waals surface area (Å²) in [5.41, 5.74) is 1.93. The van der Waals surface area contributed by atoms with E-state index in [4.69, 9.17) is 0 Å².